The van der Waals surface area contributed by atoms with Crippen LogP contribution in [0, 0.1) is 0 Å². The summed E-state index contributed by atoms with van der Waals surface area (Å²) in [6.45, 7) is -0.719. The zero-order valence-electron chi connectivity index (χ0n) is 17.0. The van der Waals surface area contributed by atoms with Gasteiger partial charge < -0.3 is 24.8 Å². The summed E-state index contributed by atoms with van der Waals surface area (Å²) in [4.78, 5) is 24.2. The van der Waals surface area contributed by atoms with E-state index in [9.17, 15) is 28.5 Å². The average Bonchev–Trinajstić information content (AvgIpc) is 3.33. The number of aromatic hydroxyl groups is 1. The molecule has 1 saturated heterocycles. The molecule has 1 aromatic carbocycles. The van der Waals surface area contributed by atoms with Crippen LogP contribution in [0.3, 0.4) is 0 Å². The fourth-order valence-electron chi connectivity index (χ4n) is 3.28. The van der Waals surface area contributed by atoms with Gasteiger partial charge in [-0.3, -0.25) is 13.5 Å². The number of fused-ring (bicyclic) bond motifs is 1. The third-order valence-electron chi connectivity index (χ3n) is 4.88. The van der Waals surface area contributed by atoms with Gasteiger partial charge in [0.2, 0.25) is 5.88 Å². The molecule has 0 aliphatic carbocycles. The van der Waals surface area contributed by atoms with E-state index in [2.05, 4.69) is 15.0 Å². The summed E-state index contributed by atoms with van der Waals surface area (Å²) in [5.74, 6) is -1.34. The molecule has 3 heterocycles. The van der Waals surface area contributed by atoms with Crippen LogP contribution in [0.25, 0.3) is 11.2 Å². The first-order valence-electron chi connectivity index (χ1n) is 9.44. The van der Waals surface area contributed by atoms with Gasteiger partial charge in [0.1, 0.15) is 30.4 Å². The zero-order valence-corrected chi connectivity index (χ0v) is 17.8. The lowest BCUT2D eigenvalue weighted by Crippen LogP contribution is -2.37. The topological polar surface area (TPSA) is 195 Å². The van der Waals surface area contributed by atoms with Crippen molar-refractivity contribution in [1.29, 1.82) is 0 Å². The van der Waals surface area contributed by atoms with Gasteiger partial charge in [-0.2, -0.15) is 13.4 Å². The first kappa shape index (κ1) is 22.8. The molecule has 0 radical (unpaired) electrons. The molecule has 0 saturated carbocycles. The third kappa shape index (κ3) is 4.44. The predicted molar refractivity (Wildman–Crippen MR) is 108 cm³/mol. The zero-order chi connectivity index (χ0) is 23.8. The number of para-hydroxylation sites is 1. The lowest BCUT2D eigenvalue weighted by molar-refractivity contribution is -0.0468. The first-order chi connectivity index (χ1) is 15.7. The molecule has 4 N–H and O–H groups in total. The minimum Gasteiger partial charge on any atom is -0.507 e. The van der Waals surface area contributed by atoms with Crippen LogP contribution in [0.15, 0.2) is 36.9 Å². The number of rotatable bonds is 7. The number of aliphatic hydroxyl groups is 2. The number of methoxy groups -OCH3 is 1. The maximum atomic E-state index is 12.1. The molecule has 33 heavy (non-hydrogen) atoms. The van der Waals surface area contributed by atoms with Gasteiger partial charge in [-0.1, -0.05) is 12.1 Å². The normalized spacial score (nSPS) is 23.0. The molecule has 1 aliphatic rings. The van der Waals surface area contributed by atoms with Crippen molar-refractivity contribution in [2.75, 3.05) is 13.7 Å². The molecule has 3 aromatic rings. The van der Waals surface area contributed by atoms with Crippen molar-refractivity contribution in [1.82, 2.24) is 24.2 Å². The Labute approximate surface area is 186 Å². The summed E-state index contributed by atoms with van der Waals surface area (Å²) in [6, 6.07) is 5.34. The van der Waals surface area contributed by atoms with Crippen molar-refractivity contribution in [2.24, 2.45) is 0 Å². The molecule has 15 heteroatoms. The van der Waals surface area contributed by atoms with Gasteiger partial charge in [0.05, 0.1) is 25.6 Å². The van der Waals surface area contributed by atoms with E-state index in [-0.39, 0.29) is 17.1 Å². The fourth-order valence-corrected chi connectivity index (χ4v) is 3.99. The van der Waals surface area contributed by atoms with Crippen LogP contribution < -0.4 is 9.46 Å². The van der Waals surface area contributed by atoms with Crippen molar-refractivity contribution in [3.05, 3.63) is 42.5 Å². The van der Waals surface area contributed by atoms with E-state index >= 15 is 0 Å². The number of nitrogens with one attached hydrogen (secondary N) is 1. The third-order valence-corrected chi connectivity index (χ3v) is 5.77. The molecule has 2 aromatic heterocycles. The van der Waals surface area contributed by atoms with Gasteiger partial charge in [0, 0.05) is 0 Å². The molecule has 0 spiro atoms. The van der Waals surface area contributed by atoms with E-state index < -0.39 is 53.1 Å². The van der Waals surface area contributed by atoms with Crippen LogP contribution in [0.1, 0.15) is 16.6 Å². The van der Waals surface area contributed by atoms with Crippen LogP contribution >= 0.6 is 0 Å². The smallest absolute Gasteiger partial charge is 0.362 e. The maximum Gasteiger partial charge on any atom is 0.362 e. The highest BCUT2D eigenvalue weighted by Crippen LogP contribution is 2.32. The molecule has 4 atom stereocenters. The van der Waals surface area contributed by atoms with Crippen LogP contribution in [-0.4, -0.2) is 81.2 Å². The van der Waals surface area contributed by atoms with Crippen molar-refractivity contribution < 1.29 is 42.2 Å². The summed E-state index contributed by atoms with van der Waals surface area (Å²) in [5.41, 5.74) is 0.267. The number of phenols is 1. The van der Waals surface area contributed by atoms with E-state index in [0.29, 0.717) is 5.52 Å². The Morgan fingerprint density at radius 3 is 2.70 bits per heavy atom. The summed E-state index contributed by atoms with van der Waals surface area (Å²) >= 11 is 0. The minimum atomic E-state index is -4.63. The maximum absolute atomic E-state index is 12.1. The Morgan fingerprint density at radius 2 is 1.97 bits per heavy atom. The molecule has 4 rings (SSSR count). The van der Waals surface area contributed by atoms with Gasteiger partial charge in [0.15, 0.2) is 17.4 Å². The van der Waals surface area contributed by atoms with E-state index in [1.807, 2.05) is 0 Å². The molecule has 1 fully saturated rings. The number of imidazole rings is 1. The SMILES string of the molecule is COc1ncnc2c1ncn2[C@@H]1OC(COS(=O)(=O)NC(=O)c2ccccc2O)[C@@H](O)[C@H]1O. The highest BCUT2D eigenvalue weighted by Gasteiger charge is 2.45. The lowest BCUT2D eigenvalue weighted by Gasteiger charge is -2.16. The standard InChI is InChI=1S/C18H19N5O9S/c1-30-17-12-15(19-7-20-17)23(8-21-12)18-14(26)13(25)11(32-18)6-31-33(28,29)22-16(27)9-4-2-3-5-10(9)24/h2-5,7-8,11,13-14,18,24-26H,6H2,1H3,(H,22,27)/t11?,13-,14-,18-/m1/s1. The number of phenolic OH excluding ortho intramolecular Hbond substituents is 1. The highest BCUT2D eigenvalue weighted by molar-refractivity contribution is 7.85. The van der Waals surface area contributed by atoms with E-state index in [1.165, 1.54) is 48.6 Å². The summed E-state index contributed by atoms with van der Waals surface area (Å²) in [6.07, 6.45) is -2.93. The number of ether oxygens (including phenoxy) is 2. The van der Waals surface area contributed by atoms with E-state index in [0.717, 1.165) is 0 Å². The molecule has 176 valence electrons. The molecular formula is C18H19N5O9S. The number of aromatic nitrogens is 4. The molecular weight excluding hydrogens is 462 g/mol. The number of amides is 1. The Morgan fingerprint density at radius 1 is 1.21 bits per heavy atom. The van der Waals surface area contributed by atoms with Crippen LogP contribution in [0.5, 0.6) is 11.6 Å². The molecule has 0 bridgehead atoms. The number of aliphatic hydroxyl groups excluding tert-OH is 2. The molecule has 1 aliphatic heterocycles. The number of carbonyl (C=O) groups is 1. The van der Waals surface area contributed by atoms with Crippen LogP contribution in [0.2, 0.25) is 0 Å². The van der Waals surface area contributed by atoms with Gasteiger partial charge >= 0.3 is 10.3 Å². The summed E-state index contributed by atoms with van der Waals surface area (Å²) in [5, 5.41) is 30.4. The van der Waals surface area contributed by atoms with Crippen LogP contribution in [-0.2, 0) is 19.2 Å². The first-order valence-corrected chi connectivity index (χ1v) is 10.8. The number of carbonyl (C=O) groups excluding carboxylic acids is 1. The summed E-state index contributed by atoms with van der Waals surface area (Å²) < 4.78 is 42.7. The number of nitrogens with zero attached hydrogens (tertiary/aromatic N) is 4. The van der Waals surface area contributed by atoms with Crippen molar-refractivity contribution in [2.45, 2.75) is 24.5 Å². The largest absolute Gasteiger partial charge is 0.507 e. The second kappa shape index (κ2) is 8.87. The Balaban J connectivity index is 1.45. The van der Waals surface area contributed by atoms with E-state index in [1.54, 1.807) is 4.72 Å². The van der Waals surface area contributed by atoms with Gasteiger partial charge in [-0.25, -0.2) is 14.7 Å². The lowest BCUT2D eigenvalue weighted by atomic mass is 10.1. The van der Waals surface area contributed by atoms with Gasteiger partial charge in [0.25, 0.3) is 5.91 Å². The highest BCUT2D eigenvalue weighted by atomic mass is 32.2. The molecule has 14 nitrogen and oxygen atoms in total. The predicted octanol–water partition coefficient (Wildman–Crippen LogP) is -1.15. The van der Waals surface area contributed by atoms with Crippen molar-refractivity contribution >= 4 is 27.4 Å². The number of benzene rings is 1. The van der Waals surface area contributed by atoms with Crippen molar-refractivity contribution in [3.8, 4) is 11.6 Å². The quantitative estimate of drug-likeness (QED) is 0.317. The number of hydrogen-bond acceptors (Lipinski definition) is 12. The van der Waals surface area contributed by atoms with E-state index in [4.69, 9.17) is 13.7 Å². The van der Waals surface area contributed by atoms with Crippen LogP contribution in [0.4, 0.5) is 0 Å². The minimum absolute atomic E-state index is 0.193. The number of hydrogen-bond donors (Lipinski definition) is 4. The van der Waals surface area contributed by atoms with Gasteiger partial charge in [-0.15, -0.1) is 0 Å². The second-order valence-corrected chi connectivity index (χ2v) is 8.29. The molecule has 1 amide bonds. The average molecular weight is 481 g/mol. The molecule has 1 unspecified atom stereocenters. The van der Waals surface area contributed by atoms with Gasteiger partial charge in [-0.05, 0) is 12.1 Å². The fraction of sp³-hybridized carbons (Fsp3) is 0.333. The Kier molecular flexibility index (Phi) is 6.13. The van der Waals surface area contributed by atoms with Crippen molar-refractivity contribution in [3.63, 3.8) is 0 Å². The summed E-state index contributed by atoms with van der Waals surface area (Å²) in [7, 11) is -3.23. The Bertz CT molecular complexity index is 1280. The monoisotopic (exact) mass is 481 g/mol. The second-order valence-electron chi connectivity index (χ2n) is 6.94. The Hall–Kier alpha value is -3.37.